The van der Waals surface area contributed by atoms with Gasteiger partial charge in [0, 0.05) is 5.02 Å². The molecule has 0 N–H and O–H groups in total. The molecule has 0 spiro atoms. The quantitative estimate of drug-likeness (QED) is 0.474. The van der Waals surface area contributed by atoms with E-state index in [1.54, 1.807) is 0 Å². The Morgan fingerprint density at radius 1 is 1.11 bits per heavy atom. The van der Waals surface area contributed by atoms with Crippen LogP contribution >= 0.6 is 23.4 Å². The van der Waals surface area contributed by atoms with E-state index in [1.165, 1.54) is 24.3 Å². The van der Waals surface area contributed by atoms with Gasteiger partial charge in [-0.25, -0.2) is 4.39 Å². The molecule has 2 aromatic carbocycles. The molecule has 9 heteroatoms. The highest BCUT2D eigenvalue weighted by molar-refractivity contribution is 8.18. The lowest BCUT2D eigenvalue weighted by Crippen LogP contribution is -2.27. The number of alkyl halides is 3. The van der Waals surface area contributed by atoms with E-state index in [0.717, 1.165) is 29.2 Å². The van der Waals surface area contributed by atoms with Gasteiger partial charge in [0.15, 0.2) is 0 Å². The predicted molar refractivity (Wildman–Crippen MR) is 94.4 cm³/mol. The predicted octanol–water partition coefficient (Wildman–Crippen LogP) is 5.73. The van der Waals surface area contributed by atoms with E-state index in [2.05, 4.69) is 0 Å². The van der Waals surface area contributed by atoms with Gasteiger partial charge in [0.05, 0.1) is 17.0 Å². The van der Waals surface area contributed by atoms with Gasteiger partial charge >= 0.3 is 6.18 Å². The topological polar surface area (TPSA) is 37.4 Å². The maximum Gasteiger partial charge on any atom is 0.416 e. The van der Waals surface area contributed by atoms with Crippen LogP contribution < -0.4 is 0 Å². The standard InChI is InChI=1S/C18H10ClF4NO2S/c19-14-8-12(20)6-5-11(14)9-24-16(25)15(27-17(24)26)7-10-3-1-2-4-13(10)18(21,22)23/h1-8H,9H2/b15-7-. The number of carbonyl (C=O) groups is 2. The van der Waals surface area contributed by atoms with Crippen LogP contribution in [-0.4, -0.2) is 16.0 Å². The third-order valence-electron chi connectivity index (χ3n) is 3.77. The Balaban J connectivity index is 1.90. The van der Waals surface area contributed by atoms with Gasteiger partial charge in [-0.1, -0.05) is 35.9 Å². The van der Waals surface area contributed by atoms with Crippen molar-refractivity contribution in [3.63, 3.8) is 0 Å². The number of carbonyl (C=O) groups excluding carboxylic acids is 2. The molecule has 0 aromatic heterocycles. The molecule has 1 fully saturated rings. The lowest BCUT2D eigenvalue weighted by Gasteiger charge is -2.13. The molecule has 2 aromatic rings. The SMILES string of the molecule is O=C1S/C(=C\c2ccccc2C(F)(F)F)C(=O)N1Cc1ccc(F)cc1Cl. The molecule has 3 rings (SSSR count). The molecule has 0 atom stereocenters. The smallest absolute Gasteiger partial charge is 0.268 e. The van der Waals surface area contributed by atoms with Gasteiger partial charge < -0.3 is 0 Å². The Morgan fingerprint density at radius 3 is 2.48 bits per heavy atom. The summed E-state index contributed by atoms with van der Waals surface area (Å²) in [7, 11) is 0. The van der Waals surface area contributed by atoms with Crippen molar-refractivity contribution >= 4 is 40.6 Å². The van der Waals surface area contributed by atoms with Crippen LogP contribution in [0, 0.1) is 5.82 Å². The van der Waals surface area contributed by atoms with E-state index in [1.807, 2.05) is 0 Å². The fourth-order valence-electron chi connectivity index (χ4n) is 2.48. The van der Waals surface area contributed by atoms with Crippen molar-refractivity contribution in [2.45, 2.75) is 12.7 Å². The number of benzene rings is 2. The summed E-state index contributed by atoms with van der Waals surface area (Å²) >= 11 is 6.44. The van der Waals surface area contributed by atoms with Crippen molar-refractivity contribution in [3.8, 4) is 0 Å². The highest BCUT2D eigenvalue weighted by Crippen LogP contribution is 2.37. The number of nitrogens with zero attached hydrogens (tertiary/aromatic N) is 1. The Kier molecular flexibility index (Phi) is 5.30. The van der Waals surface area contributed by atoms with Gasteiger partial charge in [-0.2, -0.15) is 13.2 Å². The molecule has 2 amide bonds. The summed E-state index contributed by atoms with van der Waals surface area (Å²) in [6.07, 6.45) is -3.55. The van der Waals surface area contributed by atoms with Gasteiger partial charge in [-0.15, -0.1) is 0 Å². The molecule has 1 aliphatic rings. The van der Waals surface area contributed by atoms with Crippen LogP contribution in [0.15, 0.2) is 47.4 Å². The number of amides is 2. The van der Waals surface area contributed by atoms with Crippen LogP contribution in [-0.2, 0) is 17.5 Å². The van der Waals surface area contributed by atoms with E-state index < -0.39 is 28.7 Å². The lowest BCUT2D eigenvalue weighted by molar-refractivity contribution is -0.137. The maximum atomic E-state index is 13.1. The van der Waals surface area contributed by atoms with Crippen LogP contribution in [0.2, 0.25) is 5.02 Å². The molecule has 1 heterocycles. The maximum absolute atomic E-state index is 13.1. The summed E-state index contributed by atoms with van der Waals surface area (Å²) in [5.74, 6) is -1.30. The van der Waals surface area contributed by atoms with E-state index >= 15 is 0 Å². The van der Waals surface area contributed by atoms with Crippen molar-refractivity contribution < 1.29 is 27.2 Å². The molecule has 0 radical (unpaired) electrons. The van der Waals surface area contributed by atoms with Gasteiger partial charge in [0.1, 0.15) is 5.82 Å². The van der Waals surface area contributed by atoms with Crippen molar-refractivity contribution in [2.24, 2.45) is 0 Å². The minimum Gasteiger partial charge on any atom is -0.268 e. The normalized spacial score (nSPS) is 16.5. The average molecular weight is 416 g/mol. The molecule has 27 heavy (non-hydrogen) atoms. The summed E-state index contributed by atoms with van der Waals surface area (Å²) in [5, 5.41) is -0.600. The zero-order chi connectivity index (χ0) is 19.8. The summed E-state index contributed by atoms with van der Waals surface area (Å²) in [4.78, 5) is 25.3. The molecule has 3 nitrogen and oxygen atoms in total. The van der Waals surface area contributed by atoms with Crippen LogP contribution in [0.3, 0.4) is 0 Å². The first-order valence-corrected chi connectivity index (χ1v) is 8.72. The van der Waals surface area contributed by atoms with Crippen molar-refractivity contribution in [2.75, 3.05) is 0 Å². The van der Waals surface area contributed by atoms with Gasteiger partial charge in [0.2, 0.25) is 0 Å². The van der Waals surface area contributed by atoms with Crippen LogP contribution in [0.4, 0.5) is 22.4 Å². The van der Waals surface area contributed by atoms with Crippen LogP contribution in [0.1, 0.15) is 16.7 Å². The summed E-state index contributed by atoms with van der Waals surface area (Å²) < 4.78 is 52.4. The first kappa shape index (κ1) is 19.4. The Bertz CT molecular complexity index is 959. The van der Waals surface area contributed by atoms with E-state index in [9.17, 15) is 27.2 Å². The Labute approximate surface area is 160 Å². The second kappa shape index (κ2) is 7.36. The average Bonchev–Trinajstić information content (AvgIpc) is 2.84. The summed E-state index contributed by atoms with van der Waals surface area (Å²) in [6, 6.07) is 8.28. The molecule has 1 aliphatic heterocycles. The van der Waals surface area contributed by atoms with Gasteiger partial charge in [-0.05, 0) is 47.2 Å². The number of halogens is 5. The van der Waals surface area contributed by atoms with Crippen LogP contribution in [0.25, 0.3) is 6.08 Å². The van der Waals surface area contributed by atoms with E-state index in [0.29, 0.717) is 17.3 Å². The monoisotopic (exact) mass is 415 g/mol. The van der Waals surface area contributed by atoms with Gasteiger partial charge in [-0.3, -0.25) is 14.5 Å². The van der Waals surface area contributed by atoms with E-state index in [4.69, 9.17) is 11.6 Å². The third-order valence-corrected chi connectivity index (χ3v) is 5.03. The number of hydrogen-bond donors (Lipinski definition) is 0. The number of imide groups is 1. The minimum atomic E-state index is -4.59. The second-order valence-corrected chi connectivity index (χ2v) is 6.99. The van der Waals surface area contributed by atoms with Crippen LogP contribution in [0.5, 0.6) is 0 Å². The molecular weight excluding hydrogens is 406 g/mol. The number of thioether (sulfide) groups is 1. The third kappa shape index (κ3) is 4.17. The van der Waals surface area contributed by atoms with Crippen molar-refractivity contribution in [3.05, 3.63) is 74.9 Å². The van der Waals surface area contributed by atoms with Gasteiger partial charge in [0.25, 0.3) is 11.1 Å². The minimum absolute atomic E-state index is 0.0421. The highest BCUT2D eigenvalue weighted by Gasteiger charge is 2.37. The van der Waals surface area contributed by atoms with E-state index in [-0.39, 0.29) is 22.0 Å². The van der Waals surface area contributed by atoms with Crippen molar-refractivity contribution in [1.29, 1.82) is 0 Å². The highest BCUT2D eigenvalue weighted by atomic mass is 35.5. The molecule has 0 bridgehead atoms. The Morgan fingerprint density at radius 2 is 1.81 bits per heavy atom. The fraction of sp³-hybridized carbons (Fsp3) is 0.111. The Hall–Kier alpha value is -2.32. The molecule has 0 unspecified atom stereocenters. The molecule has 1 saturated heterocycles. The summed E-state index contributed by atoms with van der Waals surface area (Å²) in [5.41, 5.74) is -0.772. The van der Waals surface area contributed by atoms with Crippen molar-refractivity contribution in [1.82, 2.24) is 4.90 Å². The lowest BCUT2D eigenvalue weighted by atomic mass is 10.1. The largest absolute Gasteiger partial charge is 0.416 e. The summed E-state index contributed by atoms with van der Waals surface area (Å²) in [6.45, 7) is -0.206. The zero-order valence-electron chi connectivity index (χ0n) is 13.4. The first-order valence-electron chi connectivity index (χ1n) is 7.52. The number of hydrogen-bond acceptors (Lipinski definition) is 3. The number of rotatable bonds is 3. The molecule has 140 valence electrons. The molecule has 0 aliphatic carbocycles. The molecule has 0 saturated carbocycles. The fourth-order valence-corrected chi connectivity index (χ4v) is 3.53. The zero-order valence-corrected chi connectivity index (χ0v) is 15.0. The molecular formula is C18H10ClF4NO2S. The second-order valence-electron chi connectivity index (χ2n) is 5.59. The first-order chi connectivity index (χ1) is 12.7.